The summed E-state index contributed by atoms with van der Waals surface area (Å²) < 4.78 is 5.14. The molecule has 0 aromatic carbocycles. The molecular weight excluding hydrogens is 362 g/mol. The van der Waals surface area contributed by atoms with E-state index in [1.54, 1.807) is 0 Å². The molecule has 4 bridgehead atoms. The largest absolute Gasteiger partial charge is 0.452 e. The van der Waals surface area contributed by atoms with Crippen molar-refractivity contribution in [2.24, 2.45) is 23.2 Å². The number of amides is 4. The first-order chi connectivity index (χ1) is 13.4. The summed E-state index contributed by atoms with van der Waals surface area (Å²) in [6.07, 6.45) is 5.78. The molecule has 5 rings (SSSR count). The van der Waals surface area contributed by atoms with E-state index in [1.165, 1.54) is 26.2 Å². The van der Waals surface area contributed by atoms with E-state index in [4.69, 9.17) is 4.74 Å². The number of nitrogens with one attached hydrogen (secondary N) is 2. The summed E-state index contributed by atoms with van der Waals surface area (Å²) in [6.45, 7) is 2.35. The maximum atomic E-state index is 12.9. The topological polar surface area (TPSA) is 105 Å². The van der Waals surface area contributed by atoms with E-state index in [2.05, 4.69) is 10.6 Å². The highest BCUT2D eigenvalue weighted by Crippen LogP contribution is 2.60. The molecule has 0 aromatic heterocycles. The highest BCUT2D eigenvalue weighted by molar-refractivity contribution is 5.98. The standard InChI is InChI=1S/C20H29N3O5/c1-12(17(25)23-5-4-22-19(23)27)28-16(24)2-3-21-18(26)20-9-13-6-14(10-20)8-15(7-13)11-20/h12-15H,2-11H2,1H3,(H,21,26)(H,22,27)/t12-,13?,14?,15?,20?/m0/s1. The van der Waals surface area contributed by atoms with Gasteiger partial charge in [0, 0.05) is 25.0 Å². The third-order valence-corrected chi connectivity index (χ3v) is 6.91. The van der Waals surface area contributed by atoms with Gasteiger partial charge < -0.3 is 15.4 Å². The van der Waals surface area contributed by atoms with E-state index in [0.717, 1.165) is 24.2 Å². The molecule has 5 fully saturated rings. The van der Waals surface area contributed by atoms with Crippen molar-refractivity contribution in [3.05, 3.63) is 0 Å². The van der Waals surface area contributed by atoms with Crippen LogP contribution in [-0.2, 0) is 19.1 Å². The fourth-order valence-electron chi connectivity index (χ4n) is 6.06. The highest BCUT2D eigenvalue weighted by atomic mass is 16.5. The average molecular weight is 391 g/mol. The molecule has 8 nitrogen and oxygen atoms in total. The Morgan fingerprint density at radius 3 is 2.32 bits per heavy atom. The number of carbonyl (C=O) groups excluding carboxylic acids is 4. The minimum atomic E-state index is -1.02. The summed E-state index contributed by atoms with van der Waals surface area (Å²) in [5, 5.41) is 5.47. The number of imide groups is 1. The normalized spacial score (nSPS) is 34.1. The number of hydrogen-bond donors (Lipinski definition) is 2. The van der Waals surface area contributed by atoms with Crippen LogP contribution in [0.2, 0.25) is 0 Å². The molecule has 8 heteroatoms. The van der Waals surface area contributed by atoms with Crippen molar-refractivity contribution in [3.63, 3.8) is 0 Å². The highest BCUT2D eigenvalue weighted by Gasteiger charge is 2.54. The molecule has 4 amide bonds. The van der Waals surface area contributed by atoms with E-state index in [9.17, 15) is 19.2 Å². The van der Waals surface area contributed by atoms with E-state index >= 15 is 0 Å². The molecule has 0 unspecified atom stereocenters. The molecule has 28 heavy (non-hydrogen) atoms. The van der Waals surface area contributed by atoms with E-state index in [0.29, 0.717) is 24.3 Å². The fraction of sp³-hybridized carbons (Fsp3) is 0.800. The summed E-state index contributed by atoms with van der Waals surface area (Å²) in [6, 6.07) is -0.462. The van der Waals surface area contributed by atoms with Gasteiger partial charge in [-0.1, -0.05) is 0 Å². The van der Waals surface area contributed by atoms with Crippen LogP contribution >= 0.6 is 0 Å². The number of carbonyl (C=O) groups is 4. The molecule has 1 atom stereocenters. The Kier molecular flexibility index (Phi) is 5.05. The van der Waals surface area contributed by atoms with Crippen LogP contribution < -0.4 is 10.6 Å². The second kappa shape index (κ2) is 7.37. The summed E-state index contributed by atoms with van der Waals surface area (Å²) >= 11 is 0. The summed E-state index contributed by atoms with van der Waals surface area (Å²) in [5.74, 6) is 1.08. The van der Waals surface area contributed by atoms with Crippen molar-refractivity contribution in [2.45, 2.75) is 58.0 Å². The van der Waals surface area contributed by atoms with Crippen LogP contribution in [0.1, 0.15) is 51.9 Å². The zero-order chi connectivity index (χ0) is 19.9. The molecule has 4 saturated carbocycles. The number of urea groups is 1. The molecule has 0 spiro atoms. The predicted octanol–water partition coefficient (Wildman–Crippen LogP) is 1.19. The van der Waals surface area contributed by atoms with Gasteiger partial charge in [0.15, 0.2) is 6.10 Å². The second-order valence-corrected chi connectivity index (χ2v) is 9.06. The second-order valence-electron chi connectivity index (χ2n) is 9.06. The Hall–Kier alpha value is -2.12. The Morgan fingerprint density at radius 1 is 1.18 bits per heavy atom. The molecule has 5 aliphatic rings. The Bertz CT molecular complexity index is 656. The van der Waals surface area contributed by atoms with Gasteiger partial charge >= 0.3 is 12.0 Å². The van der Waals surface area contributed by atoms with Gasteiger partial charge in [-0.05, 0) is 63.2 Å². The van der Waals surface area contributed by atoms with Crippen molar-refractivity contribution in [1.29, 1.82) is 0 Å². The molecule has 154 valence electrons. The van der Waals surface area contributed by atoms with Gasteiger partial charge in [-0.25, -0.2) is 4.79 Å². The van der Waals surface area contributed by atoms with Crippen LogP contribution in [0.5, 0.6) is 0 Å². The van der Waals surface area contributed by atoms with Gasteiger partial charge in [0.25, 0.3) is 5.91 Å². The number of hydrogen-bond acceptors (Lipinski definition) is 5. The molecule has 1 heterocycles. The van der Waals surface area contributed by atoms with Crippen molar-refractivity contribution in [3.8, 4) is 0 Å². The SMILES string of the molecule is C[C@H](OC(=O)CCNC(=O)C12CC3CC(CC(C3)C1)C2)C(=O)N1CCNC1=O. The van der Waals surface area contributed by atoms with Crippen LogP contribution in [0.4, 0.5) is 4.79 Å². The minimum Gasteiger partial charge on any atom is -0.452 e. The molecule has 0 radical (unpaired) electrons. The average Bonchev–Trinajstić information content (AvgIpc) is 3.05. The Balaban J connectivity index is 1.22. The van der Waals surface area contributed by atoms with Crippen LogP contribution in [-0.4, -0.2) is 54.5 Å². The van der Waals surface area contributed by atoms with Crippen LogP contribution in [0.15, 0.2) is 0 Å². The first kappa shape index (κ1) is 19.2. The molecule has 4 aliphatic carbocycles. The predicted molar refractivity (Wildman–Crippen MR) is 98.9 cm³/mol. The van der Waals surface area contributed by atoms with Gasteiger partial charge in [0.2, 0.25) is 5.91 Å². The van der Waals surface area contributed by atoms with Crippen molar-refractivity contribution >= 4 is 23.8 Å². The van der Waals surface area contributed by atoms with Crippen LogP contribution in [0, 0.1) is 23.2 Å². The number of nitrogens with zero attached hydrogens (tertiary/aromatic N) is 1. The van der Waals surface area contributed by atoms with E-state index < -0.39 is 24.0 Å². The Labute approximate surface area is 164 Å². The lowest BCUT2D eigenvalue weighted by atomic mass is 9.49. The van der Waals surface area contributed by atoms with Gasteiger partial charge in [0.05, 0.1) is 6.42 Å². The maximum absolute atomic E-state index is 12.9. The number of esters is 1. The summed E-state index contributed by atoms with van der Waals surface area (Å²) in [4.78, 5) is 49.6. The number of ether oxygens (including phenoxy) is 1. The summed E-state index contributed by atoms with van der Waals surface area (Å²) in [5.41, 5.74) is -0.231. The third kappa shape index (κ3) is 3.61. The van der Waals surface area contributed by atoms with E-state index in [-0.39, 0.29) is 30.8 Å². The Morgan fingerprint density at radius 2 is 1.79 bits per heavy atom. The maximum Gasteiger partial charge on any atom is 0.324 e. The molecule has 1 saturated heterocycles. The van der Waals surface area contributed by atoms with E-state index in [1.807, 2.05) is 0 Å². The lowest BCUT2D eigenvalue weighted by Crippen LogP contribution is -2.53. The van der Waals surface area contributed by atoms with Gasteiger partial charge in [0.1, 0.15) is 0 Å². The first-order valence-corrected chi connectivity index (χ1v) is 10.4. The summed E-state index contributed by atoms with van der Waals surface area (Å²) in [7, 11) is 0. The molecular formula is C20H29N3O5. The van der Waals surface area contributed by atoms with Crippen molar-refractivity contribution in [1.82, 2.24) is 15.5 Å². The monoisotopic (exact) mass is 391 g/mol. The zero-order valence-corrected chi connectivity index (χ0v) is 16.4. The van der Waals surface area contributed by atoms with Gasteiger partial charge in [-0.3, -0.25) is 19.3 Å². The van der Waals surface area contributed by atoms with Crippen molar-refractivity contribution < 1.29 is 23.9 Å². The van der Waals surface area contributed by atoms with Gasteiger partial charge in [-0.15, -0.1) is 0 Å². The molecule has 2 N–H and O–H groups in total. The quantitative estimate of drug-likeness (QED) is 0.662. The smallest absolute Gasteiger partial charge is 0.324 e. The minimum absolute atomic E-state index is 0.0158. The third-order valence-electron chi connectivity index (χ3n) is 6.91. The molecule has 0 aromatic rings. The van der Waals surface area contributed by atoms with Crippen molar-refractivity contribution in [2.75, 3.05) is 19.6 Å². The first-order valence-electron chi connectivity index (χ1n) is 10.4. The fourth-order valence-corrected chi connectivity index (χ4v) is 6.06. The lowest BCUT2D eigenvalue weighted by molar-refractivity contribution is -0.157. The zero-order valence-electron chi connectivity index (χ0n) is 16.4. The van der Waals surface area contributed by atoms with Gasteiger partial charge in [-0.2, -0.15) is 0 Å². The van der Waals surface area contributed by atoms with Crippen LogP contribution in [0.3, 0.4) is 0 Å². The lowest BCUT2D eigenvalue weighted by Gasteiger charge is -2.55. The molecule has 1 aliphatic heterocycles. The van der Waals surface area contributed by atoms with Crippen LogP contribution in [0.25, 0.3) is 0 Å². The number of rotatable bonds is 6.